The van der Waals surface area contributed by atoms with Gasteiger partial charge in [0.2, 0.25) is 0 Å². The van der Waals surface area contributed by atoms with Gasteiger partial charge in [-0.2, -0.15) is 0 Å². The summed E-state index contributed by atoms with van der Waals surface area (Å²) in [6, 6.07) is 24.6. The van der Waals surface area contributed by atoms with Gasteiger partial charge < -0.3 is 23.9 Å². The number of nitrogens with zero attached hydrogens (tertiary/aromatic N) is 1. The molecule has 1 aliphatic rings. The smallest absolute Gasteiger partial charge is 0.296 e. The minimum absolute atomic E-state index is 0.00300. The van der Waals surface area contributed by atoms with E-state index in [1.54, 1.807) is 67.8 Å². The van der Waals surface area contributed by atoms with Gasteiger partial charge in [0.1, 0.15) is 29.6 Å². The topological polar surface area (TPSA) is 89.2 Å². The third-order valence-corrected chi connectivity index (χ3v) is 6.47. The number of amides is 1. The van der Waals surface area contributed by atoms with Crippen molar-refractivity contribution in [3.8, 4) is 11.5 Å². The van der Waals surface area contributed by atoms with E-state index in [1.165, 1.54) is 11.2 Å². The molecule has 0 spiro atoms. The van der Waals surface area contributed by atoms with Crippen LogP contribution in [0.15, 0.2) is 101 Å². The molecule has 7 nitrogen and oxygen atoms in total. The van der Waals surface area contributed by atoms with Crippen LogP contribution in [0.2, 0.25) is 0 Å². The SMILES string of the molecule is COc1cccc([C@H]2/C(=C(\O)c3ccc(OCc4cccc(C)c4)cc3)C(=O)C(=O)N2Cc2ccco2)c1. The number of likely N-dealkylation sites (tertiary alicyclic amines) is 1. The highest BCUT2D eigenvalue weighted by Gasteiger charge is 2.46. The number of furan rings is 1. The van der Waals surface area contributed by atoms with Gasteiger partial charge in [-0.15, -0.1) is 0 Å². The molecule has 0 bridgehead atoms. The third kappa shape index (κ3) is 5.04. The van der Waals surface area contributed by atoms with Crippen LogP contribution in [0.25, 0.3) is 5.76 Å². The highest BCUT2D eigenvalue weighted by atomic mass is 16.5. The van der Waals surface area contributed by atoms with Crippen LogP contribution in [0, 0.1) is 6.92 Å². The van der Waals surface area contributed by atoms with Crippen LogP contribution in [-0.2, 0) is 22.7 Å². The van der Waals surface area contributed by atoms with Gasteiger partial charge in [-0.05, 0) is 66.6 Å². The second kappa shape index (κ2) is 10.7. The van der Waals surface area contributed by atoms with E-state index in [0.29, 0.717) is 35.0 Å². The molecule has 0 unspecified atom stereocenters. The number of aliphatic hydroxyl groups excluding tert-OH is 1. The Morgan fingerprint density at radius 2 is 1.74 bits per heavy atom. The monoisotopic (exact) mass is 509 g/mol. The zero-order chi connectivity index (χ0) is 26.6. The van der Waals surface area contributed by atoms with Gasteiger partial charge in [0.15, 0.2) is 0 Å². The van der Waals surface area contributed by atoms with Crippen molar-refractivity contribution >= 4 is 17.4 Å². The van der Waals surface area contributed by atoms with Crippen molar-refractivity contribution in [1.82, 2.24) is 4.90 Å². The predicted octanol–water partition coefficient (Wildman–Crippen LogP) is 5.80. The predicted molar refractivity (Wildman–Crippen MR) is 142 cm³/mol. The van der Waals surface area contributed by atoms with Gasteiger partial charge in [-0.1, -0.05) is 42.0 Å². The van der Waals surface area contributed by atoms with E-state index in [1.807, 2.05) is 25.1 Å². The van der Waals surface area contributed by atoms with Crippen LogP contribution < -0.4 is 9.47 Å². The number of carbonyl (C=O) groups excluding carboxylic acids is 2. The number of hydrogen-bond acceptors (Lipinski definition) is 6. The summed E-state index contributed by atoms with van der Waals surface area (Å²) in [5, 5.41) is 11.3. The molecule has 1 atom stereocenters. The number of ether oxygens (including phenoxy) is 2. The Balaban J connectivity index is 1.48. The van der Waals surface area contributed by atoms with Crippen LogP contribution in [0.4, 0.5) is 0 Å². The summed E-state index contributed by atoms with van der Waals surface area (Å²) in [6.07, 6.45) is 1.51. The van der Waals surface area contributed by atoms with E-state index < -0.39 is 17.7 Å². The number of carbonyl (C=O) groups is 2. The van der Waals surface area contributed by atoms with Gasteiger partial charge in [0.25, 0.3) is 11.7 Å². The van der Waals surface area contributed by atoms with Crippen molar-refractivity contribution < 1.29 is 28.6 Å². The molecule has 1 N–H and O–H groups in total. The summed E-state index contributed by atoms with van der Waals surface area (Å²) in [5.41, 5.74) is 3.24. The van der Waals surface area contributed by atoms with Crippen molar-refractivity contribution in [3.63, 3.8) is 0 Å². The summed E-state index contributed by atoms with van der Waals surface area (Å²) < 4.78 is 16.7. The van der Waals surface area contributed by atoms with Crippen LogP contribution in [0.5, 0.6) is 11.5 Å². The first kappa shape index (κ1) is 24.9. The van der Waals surface area contributed by atoms with E-state index in [2.05, 4.69) is 6.07 Å². The summed E-state index contributed by atoms with van der Waals surface area (Å²) >= 11 is 0. The van der Waals surface area contributed by atoms with Gasteiger partial charge in [0, 0.05) is 5.56 Å². The van der Waals surface area contributed by atoms with Crippen molar-refractivity contribution in [2.24, 2.45) is 0 Å². The standard InChI is InChI=1S/C31H27NO6/c1-20-6-3-7-21(16-20)19-38-24-13-11-22(12-14-24)29(33)27-28(23-8-4-9-25(17-23)36-2)32(31(35)30(27)34)18-26-10-5-15-37-26/h3-17,28,33H,18-19H2,1-2H3/b29-27+/t28-/m0/s1. The third-order valence-electron chi connectivity index (χ3n) is 6.47. The quantitative estimate of drug-likeness (QED) is 0.184. The number of aliphatic hydroxyl groups is 1. The molecule has 0 radical (unpaired) electrons. The number of aryl methyl sites for hydroxylation is 1. The summed E-state index contributed by atoms with van der Waals surface area (Å²) in [6.45, 7) is 2.50. The summed E-state index contributed by atoms with van der Waals surface area (Å²) in [5.74, 6) is -0.0272. The van der Waals surface area contributed by atoms with Gasteiger partial charge in [-0.25, -0.2) is 0 Å². The molecule has 4 aromatic rings. The first-order valence-corrected chi connectivity index (χ1v) is 12.2. The van der Waals surface area contributed by atoms with Gasteiger partial charge in [-0.3, -0.25) is 9.59 Å². The molecule has 38 heavy (non-hydrogen) atoms. The number of ketones is 1. The molecule has 1 amide bonds. The fourth-order valence-corrected chi connectivity index (χ4v) is 4.60. The zero-order valence-electron chi connectivity index (χ0n) is 21.1. The molecule has 7 heteroatoms. The van der Waals surface area contributed by atoms with E-state index in [4.69, 9.17) is 13.9 Å². The maximum absolute atomic E-state index is 13.3. The minimum atomic E-state index is -0.826. The average Bonchev–Trinajstić information content (AvgIpc) is 3.54. The second-order valence-electron chi connectivity index (χ2n) is 9.09. The Morgan fingerprint density at radius 3 is 2.45 bits per heavy atom. The van der Waals surface area contributed by atoms with Crippen LogP contribution in [0.3, 0.4) is 0 Å². The molecular weight excluding hydrogens is 482 g/mol. The molecule has 0 saturated carbocycles. The Labute approximate surface area is 220 Å². The first-order valence-electron chi connectivity index (χ1n) is 12.2. The Kier molecular flexibility index (Phi) is 7.00. The zero-order valence-corrected chi connectivity index (χ0v) is 21.1. The van der Waals surface area contributed by atoms with E-state index in [0.717, 1.165) is 11.1 Å². The lowest BCUT2D eigenvalue weighted by atomic mass is 9.95. The fraction of sp³-hybridized carbons (Fsp3) is 0.161. The molecule has 5 rings (SSSR count). The number of hydrogen-bond donors (Lipinski definition) is 1. The number of rotatable bonds is 8. The minimum Gasteiger partial charge on any atom is -0.507 e. The average molecular weight is 510 g/mol. The van der Waals surface area contributed by atoms with Crippen LogP contribution >= 0.6 is 0 Å². The van der Waals surface area contributed by atoms with Crippen LogP contribution in [-0.4, -0.2) is 28.8 Å². The van der Waals surface area contributed by atoms with Crippen LogP contribution in [0.1, 0.15) is 34.1 Å². The number of benzene rings is 3. The second-order valence-corrected chi connectivity index (χ2v) is 9.09. The molecular formula is C31H27NO6. The van der Waals surface area contributed by atoms with Crippen molar-refractivity contribution in [3.05, 3.63) is 125 Å². The molecule has 1 fully saturated rings. The van der Waals surface area contributed by atoms with E-state index in [9.17, 15) is 14.7 Å². The molecule has 192 valence electrons. The normalized spacial score (nSPS) is 16.6. The fourth-order valence-electron chi connectivity index (χ4n) is 4.60. The Morgan fingerprint density at radius 1 is 0.947 bits per heavy atom. The van der Waals surface area contributed by atoms with Gasteiger partial charge in [0.05, 0.1) is 31.5 Å². The van der Waals surface area contributed by atoms with Gasteiger partial charge >= 0.3 is 0 Å². The lowest BCUT2D eigenvalue weighted by Crippen LogP contribution is -2.29. The maximum atomic E-state index is 13.3. The molecule has 1 saturated heterocycles. The van der Waals surface area contributed by atoms with E-state index >= 15 is 0 Å². The lowest BCUT2D eigenvalue weighted by molar-refractivity contribution is -0.140. The number of Topliss-reactive ketones (excluding diaryl/α,β-unsaturated/α-hetero) is 1. The summed E-state index contributed by atoms with van der Waals surface area (Å²) in [7, 11) is 1.54. The number of methoxy groups -OCH3 is 1. The van der Waals surface area contributed by atoms with Crippen molar-refractivity contribution in [1.29, 1.82) is 0 Å². The lowest BCUT2D eigenvalue weighted by Gasteiger charge is -2.24. The first-order chi connectivity index (χ1) is 18.4. The highest BCUT2D eigenvalue weighted by molar-refractivity contribution is 6.46. The largest absolute Gasteiger partial charge is 0.507 e. The maximum Gasteiger partial charge on any atom is 0.296 e. The van der Waals surface area contributed by atoms with Crippen molar-refractivity contribution in [2.45, 2.75) is 26.1 Å². The van der Waals surface area contributed by atoms with E-state index in [-0.39, 0.29) is 17.9 Å². The molecule has 1 aliphatic heterocycles. The summed E-state index contributed by atoms with van der Waals surface area (Å²) in [4.78, 5) is 27.8. The highest BCUT2D eigenvalue weighted by Crippen LogP contribution is 2.41. The Hall–Kier alpha value is -4.78. The molecule has 0 aliphatic carbocycles. The molecule has 1 aromatic heterocycles. The molecule has 2 heterocycles. The van der Waals surface area contributed by atoms with Crippen molar-refractivity contribution in [2.75, 3.05) is 7.11 Å². The Bertz CT molecular complexity index is 1490. The molecule has 3 aromatic carbocycles.